The molecule has 0 saturated carbocycles. The normalized spacial score (nSPS) is 10.5. The van der Waals surface area contributed by atoms with Crippen LogP contribution in [0.3, 0.4) is 0 Å². The largest absolute Gasteiger partial charge is 0.497 e. The monoisotopic (exact) mass is 260 g/mol. The van der Waals surface area contributed by atoms with Gasteiger partial charge in [-0.1, -0.05) is 0 Å². The number of pyridine rings is 1. The molecule has 0 fully saturated rings. The minimum atomic E-state index is -0.449. The Kier molecular flexibility index (Phi) is 3.55. The van der Waals surface area contributed by atoms with Crippen LogP contribution >= 0.6 is 0 Å². The average molecular weight is 260 g/mol. The van der Waals surface area contributed by atoms with Crippen LogP contribution in [-0.2, 0) is 4.74 Å². The van der Waals surface area contributed by atoms with Gasteiger partial charge in [-0.2, -0.15) is 0 Å². The van der Waals surface area contributed by atoms with Crippen molar-refractivity contribution in [2.75, 3.05) is 19.5 Å². The van der Waals surface area contributed by atoms with E-state index in [0.29, 0.717) is 34.7 Å². The van der Waals surface area contributed by atoms with Crippen LogP contribution in [0.15, 0.2) is 18.2 Å². The number of ether oxygens (including phenoxy) is 2. The second-order valence-electron chi connectivity index (χ2n) is 4.09. The average Bonchev–Trinajstić information content (AvgIpc) is 2.38. The summed E-state index contributed by atoms with van der Waals surface area (Å²) in [5.41, 5.74) is 8.06. The Morgan fingerprint density at radius 1 is 1.42 bits per heavy atom. The van der Waals surface area contributed by atoms with Crippen molar-refractivity contribution < 1.29 is 14.3 Å². The predicted octanol–water partition coefficient (Wildman–Crippen LogP) is 2.31. The summed E-state index contributed by atoms with van der Waals surface area (Å²) in [6.07, 6.45) is 0. The summed E-state index contributed by atoms with van der Waals surface area (Å²) in [6, 6.07) is 5.38. The third-order valence-corrected chi connectivity index (χ3v) is 2.89. The maximum absolute atomic E-state index is 11.9. The van der Waals surface area contributed by atoms with Crippen molar-refractivity contribution in [1.29, 1.82) is 0 Å². The molecule has 0 bridgehead atoms. The van der Waals surface area contributed by atoms with Crippen LogP contribution in [0.2, 0.25) is 0 Å². The lowest BCUT2D eigenvalue weighted by Crippen LogP contribution is -2.11. The molecule has 0 aliphatic rings. The third-order valence-electron chi connectivity index (χ3n) is 2.89. The Balaban J connectivity index is 2.68. The van der Waals surface area contributed by atoms with E-state index in [1.807, 2.05) is 6.07 Å². The van der Waals surface area contributed by atoms with Crippen molar-refractivity contribution in [3.8, 4) is 5.75 Å². The number of hydrogen-bond acceptors (Lipinski definition) is 5. The molecule has 19 heavy (non-hydrogen) atoms. The van der Waals surface area contributed by atoms with Gasteiger partial charge in [0.05, 0.1) is 30.6 Å². The standard InChI is InChI=1S/C14H16N2O3/c1-4-19-14(17)12-8(2)16-11-6-5-9(18-3)7-10(11)13(12)15/h5-7H,4H2,1-3H3,(H2,15,16). The molecular formula is C14H16N2O3. The van der Waals surface area contributed by atoms with Crippen molar-refractivity contribution in [3.63, 3.8) is 0 Å². The molecular weight excluding hydrogens is 244 g/mol. The number of fused-ring (bicyclic) bond motifs is 1. The lowest BCUT2D eigenvalue weighted by atomic mass is 10.1. The summed E-state index contributed by atoms with van der Waals surface area (Å²) in [7, 11) is 1.57. The molecule has 0 aliphatic carbocycles. The number of esters is 1. The minimum Gasteiger partial charge on any atom is -0.497 e. The molecule has 0 radical (unpaired) electrons. The molecule has 0 aliphatic heterocycles. The van der Waals surface area contributed by atoms with E-state index in [1.165, 1.54) is 0 Å². The number of carbonyl (C=O) groups is 1. The topological polar surface area (TPSA) is 74.4 Å². The highest BCUT2D eigenvalue weighted by atomic mass is 16.5. The summed E-state index contributed by atoms with van der Waals surface area (Å²) < 4.78 is 10.2. The molecule has 2 rings (SSSR count). The van der Waals surface area contributed by atoms with E-state index >= 15 is 0 Å². The van der Waals surface area contributed by atoms with Crippen LogP contribution in [0.1, 0.15) is 23.0 Å². The van der Waals surface area contributed by atoms with Gasteiger partial charge in [-0.25, -0.2) is 4.79 Å². The van der Waals surface area contributed by atoms with Gasteiger partial charge in [-0.05, 0) is 32.0 Å². The van der Waals surface area contributed by atoms with Crippen LogP contribution in [0.4, 0.5) is 5.69 Å². The first-order valence-corrected chi connectivity index (χ1v) is 5.99. The zero-order chi connectivity index (χ0) is 14.0. The van der Waals surface area contributed by atoms with Crippen molar-refractivity contribution in [2.45, 2.75) is 13.8 Å². The molecule has 1 heterocycles. The number of aromatic nitrogens is 1. The first-order valence-electron chi connectivity index (χ1n) is 5.99. The molecule has 1 aromatic carbocycles. The summed E-state index contributed by atoms with van der Waals surface area (Å²) in [6.45, 7) is 3.79. The number of methoxy groups -OCH3 is 1. The molecule has 0 spiro atoms. The van der Waals surface area contributed by atoms with Crippen molar-refractivity contribution >= 4 is 22.6 Å². The van der Waals surface area contributed by atoms with E-state index in [2.05, 4.69) is 4.98 Å². The molecule has 2 N–H and O–H groups in total. The van der Waals surface area contributed by atoms with Gasteiger partial charge in [0.25, 0.3) is 0 Å². The maximum atomic E-state index is 11.9. The highest BCUT2D eigenvalue weighted by Gasteiger charge is 2.18. The fourth-order valence-electron chi connectivity index (χ4n) is 1.98. The van der Waals surface area contributed by atoms with Gasteiger partial charge in [0.1, 0.15) is 11.3 Å². The quantitative estimate of drug-likeness (QED) is 0.857. The molecule has 0 saturated heterocycles. The van der Waals surface area contributed by atoms with Gasteiger partial charge < -0.3 is 15.2 Å². The Hall–Kier alpha value is -2.30. The van der Waals surface area contributed by atoms with Crippen molar-refractivity contribution in [1.82, 2.24) is 4.98 Å². The number of nitrogens with two attached hydrogens (primary N) is 1. The van der Waals surface area contributed by atoms with Crippen molar-refractivity contribution in [2.24, 2.45) is 0 Å². The second kappa shape index (κ2) is 5.14. The highest BCUT2D eigenvalue weighted by Crippen LogP contribution is 2.29. The van der Waals surface area contributed by atoms with E-state index in [0.717, 1.165) is 5.52 Å². The summed E-state index contributed by atoms with van der Waals surface area (Å²) in [4.78, 5) is 16.3. The van der Waals surface area contributed by atoms with E-state index in [9.17, 15) is 4.79 Å². The maximum Gasteiger partial charge on any atom is 0.342 e. The molecule has 2 aromatic rings. The van der Waals surface area contributed by atoms with Crippen LogP contribution in [0.5, 0.6) is 5.75 Å². The Morgan fingerprint density at radius 3 is 2.79 bits per heavy atom. The number of benzene rings is 1. The number of nitrogens with zero attached hydrogens (tertiary/aromatic N) is 1. The number of nitrogen functional groups attached to an aromatic ring is 1. The summed E-state index contributed by atoms with van der Waals surface area (Å²) in [5, 5.41) is 0.688. The number of rotatable bonds is 3. The zero-order valence-corrected chi connectivity index (χ0v) is 11.2. The predicted molar refractivity (Wildman–Crippen MR) is 73.4 cm³/mol. The molecule has 5 heteroatoms. The molecule has 1 aromatic heterocycles. The Bertz CT molecular complexity index is 638. The lowest BCUT2D eigenvalue weighted by Gasteiger charge is -2.11. The molecule has 0 unspecified atom stereocenters. The summed E-state index contributed by atoms with van der Waals surface area (Å²) in [5.74, 6) is 0.217. The van der Waals surface area contributed by atoms with E-state index in [4.69, 9.17) is 15.2 Å². The molecule has 0 atom stereocenters. The van der Waals surface area contributed by atoms with Gasteiger partial charge in [-0.3, -0.25) is 4.98 Å². The van der Waals surface area contributed by atoms with Crippen LogP contribution in [0.25, 0.3) is 10.9 Å². The minimum absolute atomic E-state index is 0.299. The van der Waals surface area contributed by atoms with Crippen LogP contribution in [0, 0.1) is 6.92 Å². The number of aryl methyl sites for hydroxylation is 1. The Labute approximate surface area is 111 Å². The SMILES string of the molecule is CCOC(=O)c1c(C)nc2ccc(OC)cc2c1N. The second-order valence-corrected chi connectivity index (χ2v) is 4.09. The van der Waals surface area contributed by atoms with Gasteiger partial charge in [0.2, 0.25) is 0 Å². The number of anilines is 1. The van der Waals surface area contributed by atoms with Crippen LogP contribution < -0.4 is 10.5 Å². The first-order chi connectivity index (χ1) is 9.08. The molecule has 100 valence electrons. The molecule has 0 amide bonds. The molecule has 5 nitrogen and oxygen atoms in total. The van der Waals surface area contributed by atoms with Gasteiger partial charge in [0, 0.05) is 5.39 Å². The highest BCUT2D eigenvalue weighted by molar-refractivity contribution is 6.05. The number of carbonyl (C=O) groups excluding carboxylic acids is 1. The lowest BCUT2D eigenvalue weighted by molar-refractivity contribution is 0.0526. The van der Waals surface area contributed by atoms with E-state index in [-0.39, 0.29) is 0 Å². The number of hydrogen-bond donors (Lipinski definition) is 1. The van der Waals surface area contributed by atoms with E-state index in [1.54, 1.807) is 33.1 Å². The van der Waals surface area contributed by atoms with Crippen molar-refractivity contribution in [3.05, 3.63) is 29.5 Å². The van der Waals surface area contributed by atoms with Gasteiger partial charge >= 0.3 is 5.97 Å². The van der Waals surface area contributed by atoms with Gasteiger partial charge in [0.15, 0.2) is 0 Å². The fraction of sp³-hybridized carbons (Fsp3) is 0.286. The third kappa shape index (κ3) is 2.31. The fourth-order valence-corrected chi connectivity index (χ4v) is 1.98. The Morgan fingerprint density at radius 2 is 2.16 bits per heavy atom. The first kappa shape index (κ1) is 13.1. The zero-order valence-electron chi connectivity index (χ0n) is 11.2. The van der Waals surface area contributed by atoms with E-state index < -0.39 is 5.97 Å². The van der Waals surface area contributed by atoms with Gasteiger partial charge in [-0.15, -0.1) is 0 Å². The summed E-state index contributed by atoms with van der Waals surface area (Å²) >= 11 is 0. The smallest absolute Gasteiger partial charge is 0.342 e. The van der Waals surface area contributed by atoms with Crippen LogP contribution in [-0.4, -0.2) is 24.7 Å².